The number of benzene rings is 2. The molecule has 25 heavy (non-hydrogen) atoms. The predicted octanol–water partition coefficient (Wildman–Crippen LogP) is 3.23. The van der Waals surface area contributed by atoms with E-state index in [1.807, 2.05) is 55.5 Å². The zero-order chi connectivity index (χ0) is 17.8. The fraction of sp³-hybridized carbons (Fsp3) is 0.0526. The Labute approximate surface area is 146 Å². The number of nitrogens with one attached hydrogen (secondary N) is 2. The number of amidine groups is 1. The van der Waals surface area contributed by atoms with Crippen molar-refractivity contribution >= 4 is 28.9 Å². The van der Waals surface area contributed by atoms with Gasteiger partial charge in [-0.3, -0.25) is 0 Å². The van der Waals surface area contributed by atoms with Gasteiger partial charge >= 0.3 is 0 Å². The first kappa shape index (κ1) is 16.3. The Morgan fingerprint density at radius 1 is 0.840 bits per heavy atom. The zero-order valence-electron chi connectivity index (χ0n) is 14.0. The second-order valence-corrected chi connectivity index (χ2v) is 5.72. The molecule has 6 nitrogen and oxygen atoms in total. The van der Waals surface area contributed by atoms with Gasteiger partial charge in [-0.1, -0.05) is 24.3 Å². The Morgan fingerprint density at radius 2 is 1.44 bits per heavy atom. The summed E-state index contributed by atoms with van der Waals surface area (Å²) >= 11 is 0. The van der Waals surface area contributed by atoms with Crippen molar-refractivity contribution in [2.24, 2.45) is 15.7 Å². The first-order valence-electron chi connectivity index (χ1n) is 7.80. The van der Waals surface area contributed by atoms with E-state index in [9.17, 15) is 0 Å². The molecule has 1 heterocycles. The van der Waals surface area contributed by atoms with E-state index in [4.69, 9.17) is 11.5 Å². The number of aliphatic imine (C=N–C) groups is 2. The van der Waals surface area contributed by atoms with Crippen LogP contribution in [-0.2, 0) is 0 Å². The highest BCUT2D eigenvalue weighted by Crippen LogP contribution is 2.17. The number of rotatable bonds is 3. The normalized spacial score (nSPS) is 14.1. The van der Waals surface area contributed by atoms with Crippen LogP contribution in [0.5, 0.6) is 0 Å². The summed E-state index contributed by atoms with van der Waals surface area (Å²) in [4.78, 5) is 8.58. The molecular weight excluding hydrogens is 312 g/mol. The van der Waals surface area contributed by atoms with Gasteiger partial charge in [-0.25, -0.2) is 0 Å². The largest absolute Gasteiger partial charge is 0.399 e. The van der Waals surface area contributed by atoms with Crippen LogP contribution in [0.2, 0.25) is 0 Å². The van der Waals surface area contributed by atoms with Crippen molar-refractivity contribution in [3.05, 3.63) is 78.1 Å². The van der Waals surface area contributed by atoms with Gasteiger partial charge in [0.05, 0.1) is 0 Å². The molecule has 0 saturated carbocycles. The third-order valence-corrected chi connectivity index (χ3v) is 3.57. The third-order valence-electron chi connectivity index (χ3n) is 3.57. The van der Waals surface area contributed by atoms with Crippen molar-refractivity contribution in [2.75, 3.05) is 16.4 Å². The number of nitrogen functional groups attached to an aromatic ring is 1. The molecule has 3 rings (SSSR count). The van der Waals surface area contributed by atoms with Crippen LogP contribution in [0.1, 0.15) is 5.56 Å². The van der Waals surface area contributed by atoms with Gasteiger partial charge in [-0.2, -0.15) is 9.98 Å². The lowest BCUT2D eigenvalue weighted by molar-refractivity contribution is 1.27. The molecule has 0 aromatic heterocycles. The molecule has 0 saturated heterocycles. The Kier molecular flexibility index (Phi) is 4.52. The maximum absolute atomic E-state index is 5.91. The lowest BCUT2D eigenvalue weighted by atomic mass is 10.2. The maximum Gasteiger partial charge on any atom is 0.223 e. The Morgan fingerprint density at radius 3 is 2.12 bits per heavy atom. The summed E-state index contributed by atoms with van der Waals surface area (Å²) in [5, 5.41) is 6.40. The summed E-state index contributed by atoms with van der Waals surface area (Å²) in [5.41, 5.74) is 15.9. The monoisotopic (exact) mass is 332 g/mol. The van der Waals surface area contributed by atoms with Crippen LogP contribution >= 0.6 is 0 Å². The minimum atomic E-state index is 0.141. The molecule has 0 spiro atoms. The van der Waals surface area contributed by atoms with Gasteiger partial charge in [-0.05, 0) is 49.4 Å². The third kappa shape index (κ3) is 4.26. The lowest BCUT2D eigenvalue weighted by Crippen LogP contribution is -2.18. The highest BCUT2D eigenvalue weighted by Gasteiger charge is 2.11. The quantitative estimate of drug-likeness (QED) is 0.648. The molecule has 1 aliphatic heterocycles. The van der Waals surface area contributed by atoms with Crippen molar-refractivity contribution < 1.29 is 0 Å². The van der Waals surface area contributed by atoms with Gasteiger partial charge in [0.1, 0.15) is 11.7 Å². The highest BCUT2D eigenvalue weighted by atomic mass is 15.2. The van der Waals surface area contributed by atoms with E-state index in [-0.39, 0.29) is 5.96 Å². The molecule has 0 bridgehead atoms. The van der Waals surface area contributed by atoms with Gasteiger partial charge in [0, 0.05) is 22.6 Å². The van der Waals surface area contributed by atoms with Crippen LogP contribution in [-0.4, -0.2) is 11.8 Å². The molecule has 2 aromatic carbocycles. The fourth-order valence-electron chi connectivity index (χ4n) is 2.26. The molecule has 0 atom stereocenters. The van der Waals surface area contributed by atoms with Crippen LogP contribution < -0.4 is 22.1 Å². The summed E-state index contributed by atoms with van der Waals surface area (Å²) in [5.74, 6) is 1.25. The van der Waals surface area contributed by atoms with Crippen LogP contribution in [0.15, 0.2) is 82.6 Å². The van der Waals surface area contributed by atoms with Crippen molar-refractivity contribution in [2.45, 2.75) is 6.92 Å². The minimum Gasteiger partial charge on any atom is -0.399 e. The molecule has 2 aromatic rings. The number of hydrogen-bond donors (Lipinski definition) is 4. The van der Waals surface area contributed by atoms with Crippen molar-refractivity contribution in [1.82, 2.24) is 0 Å². The van der Waals surface area contributed by atoms with Gasteiger partial charge in [0.25, 0.3) is 0 Å². The number of nitrogens with two attached hydrogens (primary N) is 2. The summed E-state index contributed by atoms with van der Waals surface area (Å²) in [6, 6.07) is 15.3. The van der Waals surface area contributed by atoms with Crippen molar-refractivity contribution in [1.29, 1.82) is 0 Å². The summed E-state index contributed by atoms with van der Waals surface area (Å²) in [6.45, 7) is 6.09. The number of guanidine groups is 1. The van der Waals surface area contributed by atoms with Gasteiger partial charge in [-0.15, -0.1) is 0 Å². The Hall–Kier alpha value is -3.54. The molecule has 0 amide bonds. The average molecular weight is 332 g/mol. The lowest BCUT2D eigenvalue weighted by Gasteiger charge is -2.09. The van der Waals surface area contributed by atoms with E-state index in [2.05, 4.69) is 27.2 Å². The van der Waals surface area contributed by atoms with Gasteiger partial charge < -0.3 is 22.1 Å². The molecule has 0 aliphatic carbocycles. The molecule has 6 heteroatoms. The van der Waals surface area contributed by atoms with Gasteiger partial charge in [0.15, 0.2) is 0 Å². The van der Waals surface area contributed by atoms with E-state index in [1.165, 1.54) is 5.56 Å². The molecule has 6 N–H and O–H groups in total. The Bertz CT molecular complexity index is 873. The molecule has 0 fully saturated rings. The van der Waals surface area contributed by atoms with E-state index in [0.717, 1.165) is 11.4 Å². The van der Waals surface area contributed by atoms with Crippen LogP contribution in [0.3, 0.4) is 0 Å². The van der Waals surface area contributed by atoms with Crippen LogP contribution in [0.25, 0.3) is 0 Å². The molecule has 0 unspecified atom stereocenters. The number of aryl methyl sites for hydroxylation is 1. The molecular formula is C19H20N6. The smallest absolute Gasteiger partial charge is 0.223 e. The second-order valence-electron chi connectivity index (χ2n) is 5.72. The van der Waals surface area contributed by atoms with Crippen molar-refractivity contribution in [3.63, 3.8) is 0 Å². The maximum atomic E-state index is 5.91. The topological polar surface area (TPSA) is 101 Å². The molecule has 1 aliphatic rings. The summed E-state index contributed by atoms with van der Waals surface area (Å²) in [7, 11) is 0. The minimum absolute atomic E-state index is 0.141. The van der Waals surface area contributed by atoms with Crippen LogP contribution in [0.4, 0.5) is 17.1 Å². The van der Waals surface area contributed by atoms with Crippen LogP contribution in [0, 0.1) is 6.92 Å². The summed E-state index contributed by atoms with van der Waals surface area (Å²) in [6.07, 6.45) is 1.79. The van der Waals surface area contributed by atoms with Crippen molar-refractivity contribution in [3.8, 4) is 0 Å². The number of hydrogen-bond acceptors (Lipinski definition) is 6. The van der Waals surface area contributed by atoms with E-state index < -0.39 is 0 Å². The zero-order valence-corrected chi connectivity index (χ0v) is 14.0. The average Bonchev–Trinajstić information content (AvgIpc) is 2.70. The highest BCUT2D eigenvalue weighted by molar-refractivity contribution is 6.14. The second kappa shape index (κ2) is 6.92. The van der Waals surface area contributed by atoms with E-state index in [0.29, 0.717) is 22.9 Å². The first-order chi connectivity index (χ1) is 12.0. The standard InChI is InChI=1S/C19H20N6/c1-12-3-7-16(8-4-12)23-18-13(2)11-17(24-19(21)25-18)22-15-9-5-14(20)6-10-15/h3-11,22H,2,20H2,1H3,(H3,21,23,24,25). The Balaban J connectivity index is 1.79. The molecule has 0 radical (unpaired) electrons. The first-order valence-corrected chi connectivity index (χ1v) is 7.80. The number of nitrogens with zero attached hydrogens (tertiary/aromatic N) is 2. The van der Waals surface area contributed by atoms with Gasteiger partial charge in [0.2, 0.25) is 5.96 Å². The molecule has 126 valence electrons. The predicted molar refractivity (Wildman–Crippen MR) is 106 cm³/mol. The fourth-order valence-corrected chi connectivity index (χ4v) is 2.26. The van der Waals surface area contributed by atoms with E-state index >= 15 is 0 Å². The summed E-state index contributed by atoms with van der Waals surface area (Å²) < 4.78 is 0. The number of anilines is 3. The SMILES string of the molecule is C=C1C=C(Nc2ccc(N)cc2)N=C(N)N=C1Nc1ccc(C)cc1. The van der Waals surface area contributed by atoms with E-state index in [1.54, 1.807) is 6.08 Å².